The monoisotopic (exact) mass is 258 g/mol. The Morgan fingerprint density at radius 1 is 1.33 bits per heavy atom. The van der Waals surface area contributed by atoms with Crippen LogP contribution in [0.15, 0.2) is 16.6 Å². The van der Waals surface area contributed by atoms with Gasteiger partial charge in [-0.2, -0.15) is 0 Å². The summed E-state index contributed by atoms with van der Waals surface area (Å²) in [5, 5.41) is -0.298. The fourth-order valence-corrected chi connectivity index (χ4v) is 1.37. The molecule has 12 heavy (non-hydrogen) atoms. The predicted molar refractivity (Wildman–Crippen MR) is 44.1 cm³/mol. The van der Waals surface area contributed by atoms with E-state index in [-0.39, 0.29) is 15.1 Å². The van der Waals surface area contributed by atoms with E-state index in [1.807, 2.05) is 0 Å². The summed E-state index contributed by atoms with van der Waals surface area (Å²) < 4.78 is 36.9. The van der Waals surface area contributed by atoms with Crippen LogP contribution in [0.2, 0.25) is 5.02 Å². The molecule has 0 fully saturated rings. The lowest BCUT2D eigenvalue weighted by Gasteiger charge is -2.03. The summed E-state index contributed by atoms with van der Waals surface area (Å²) in [7, 11) is 0. The second-order valence-electron chi connectivity index (χ2n) is 2.09. The van der Waals surface area contributed by atoms with Crippen molar-refractivity contribution in [2.45, 2.75) is 6.43 Å². The number of hydrogen-bond acceptors (Lipinski definition) is 0. The minimum atomic E-state index is -2.66. The summed E-state index contributed by atoms with van der Waals surface area (Å²) in [5.74, 6) is -0.715. The third-order valence-corrected chi connectivity index (χ3v) is 2.25. The molecule has 5 heteroatoms. The van der Waals surface area contributed by atoms with Gasteiger partial charge in [0.05, 0.1) is 5.02 Å². The summed E-state index contributed by atoms with van der Waals surface area (Å²) in [6.07, 6.45) is -2.66. The Hall–Kier alpha value is -0.220. The third-order valence-electron chi connectivity index (χ3n) is 1.27. The van der Waals surface area contributed by atoms with Gasteiger partial charge >= 0.3 is 0 Å². The highest BCUT2D eigenvalue weighted by Gasteiger charge is 2.14. The first kappa shape index (κ1) is 9.86. The second kappa shape index (κ2) is 3.66. The van der Waals surface area contributed by atoms with Gasteiger partial charge in [0.15, 0.2) is 0 Å². The van der Waals surface area contributed by atoms with Gasteiger partial charge < -0.3 is 0 Å². The third kappa shape index (κ3) is 1.93. The van der Waals surface area contributed by atoms with E-state index in [2.05, 4.69) is 15.9 Å². The number of alkyl halides is 2. The van der Waals surface area contributed by atoms with Gasteiger partial charge in [-0.25, -0.2) is 13.2 Å². The highest BCUT2D eigenvalue weighted by Crippen LogP contribution is 2.31. The molecule has 0 N–H and O–H groups in total. The van der Waals surface area contributed by atoms with Gasteiger partial charge in [-0.1, -0.05) is 27.5 Å². The minimum Gasteiger partial charge on any atom is -0.205 e. The molecule has 0 radical (unpaired) electrons. The lowest BCUT2D eigenvalue weighted by atomic mass is 10.2. The molecule has 0 saturated carbocycles. The van der Waals surface area contributed by atoms with Crippen LogP contribution in [-0.2, 0) is 0 Å². The molecule has 1 rings (SSSR count). The Bertz CT molecular complexity index is 301. The maximum Gasteiger partial charge on any atom is 0.264 e. The number of halogens is 5. The van der Waals surface area contributed by atoms with E-state index in [4.69, 9.17) is 11.6 Å². The van der Waals surface area contributed by atoms with Gasteiger partial charge in [0.1, 0.15) is 5.82 Å². The zero-order chi connectivity index (χ0) is 9.30. The average molecular weight is 259 g/mol. The van der Waals surface area contributed by atoms with E-state index in [0.717, 1.165) is 12.1 Å². The lowest BCUT2D eigenvalue weighted by molar-refractivity contribution is 0.150. The highest BCUT2D eigenvalue weighted by molar-refractivity contribution is 9.10. The fraction of sp³-hybridized carbons (Fsp3) is 0.143. The van der Waals surface area contributed by atoms with E-state index in [0.29, 0.717) is 0 Å². The molecule has 0 heterocycles. The van der Waals surface area contributed by atoms with Gasteiger partial charge in [-0.05, 0) is 12.1 Å². The SMILES string of the molecule is Fc1cc(Br)c(C(F)F)cc1Cl. The molecule has 66 valence electrons. The van der Waals surface area contributed by atoms with Crippen molar-refractivity contribution in [3.05, 3.63) is 33.0 Å². The first-order valence-corrected chi connectivity index (χ1v) is 4.12. The summed E-state index contributed by atoms with van der Waals surface area (Å²) in [5.41, 5.74) is -0.304. The van der Waals surface area contributed by atoms with E-state index < -0.39 is 12.2 Å². The maximum atomic E-state index is 12.6. The van der Waals surface area contributed by atoms with E-state index in [1.165, 1.54) is 0 Å². The standard InChI is InChI=1S/C7H3BrClF3/c8-4-2-6(10)5(9)1-3(4)7(11)12/h1-2,7H. The van der Waals surface area contributed by atoms with E-state index in [9.17, 15) is 13.2 Å². The molecule has 1 aromatic rings. The molecule has 0 unspecified atom stereocenters. The van der Waals surface area contributed by atoms with Crippen LogP contribution in [0, 0.1) is 5.82 Å². The Morgan fingerprint density at radius 3 is 2.42 bits per heavy atom. The van der Waals surface area contributed by atoms with Crippen molar-refractivity contribution in [1.29, 1.82) is 0 Å². The molecule has 0 atom stereocenters. The van der Waals surface area contributed by atoms with Crippen LogP contribution in [0.4, 0.5) is 13.2 Å². The van der Waals surface area contributed by atoms with Gasteiger partial charge in [-0.15, -0.1) is 0 Å². The fourth-order valence-electron chi connectivity index (χ4n) is 0.705. The molecule has 0 aromatic heterocycles. The number of benzene rings is 1. The first-order chi connectivity index (χ1) is 5.52. The van der Waals surface area contributed by atoms with Crippen LogP contribution < -0.4 is 0 Å². The first-order valence-electron chi connectivity index (χ1n) is 2.95. The molecule has 1 aromatic carbocycles. The molecule has 0 bridgehead atoms. The van der Waals surface area contributed by atoms with Crippen molar-refractivity contribution >= 4 is 27.5 Å². The molecule has 0 nitrogen and oxygen atoms in total. The number of rotatable bonds is 1. The Labute approximate surface area is 80.5 Å². The maximum absolute atomic E-state index is 12.6. The zero-order valence-electron chi connectivity index (χ0n) is 5.62. The Balaban J connectivity index is 3.23. The van der Waals surface area contributed by atoms with Crippen LogP contribution in [0.1, 0.15) is 12.0 Å². The van der Waals surface area contributed by atoms with Crippen LogP contribution >= 0.6 is 27.5 Å². The van der Waals surface area contributed by atoms with Crippen LogP contribution in [0.3, 0.4) is 0 Å². The van der Waals surface area contributed by atoms with Crippen LogP contribution in [0.25, 0.3) is 0 Å². The molecule has 0 spiro atoms. The highest BCUT2D eigenvalue weighted by atomic mass is 79.9. The number of hydrogen-bond donors (Lipinski definition) is 0. The Kier molecular flexibility index (Phi) is 3.01. The molecule has 0 aliphatic carbocycles. The zero-order valence-corrected chi connectivity index (χ0v) is 7.96. The van der Waals surface area contributed by atoms with Crippen molar-refractivity contribution in [1.82, 2.24) is 0 Å². The van der Waals surface area contributed by atoms with Crippen LogP contribution in [0.5, 0.6) is 0 Å². The van der Waals surface area contributed by atoms with Crippen LogP contribution in [-0.4, -0.2) is 0 Å². The summed E-state index contributed by atoms with van der Waals surface area (Å²) in [4.78, 5) is 0. The van der Waals surface area contributed by atoms with Crippen molar-refractivity contribution in [3.63, 3.8) is 0 Å². The summed E-state index contributed by atoms with van der Waals surface area (Å²) in [6, 6.07) is 1.83. The average Bonchev–Trinajstić information content (AvgIpc) is 1.96. The normalized spacial score (nSPS) is 10.8. The minimum absolute atomic E-state index is 0.0272. The van der Waals surface area contributed by atoms with Gasteiger partial charge in [-0.3, -0.25) is 0 Å². The predicted octanol–water partition coefficient (Wildman–Crippen LogP) is 4.18. The van der Waals surface area contributed by atoms with Crippen molar-refractivity contribution in [2.24, 2.45) is 0 Å². The van der Waals surface area contributed by atoms with Gasteiger partial charge in [0.2, 0.25) is 0 Å². The van der Waals surface area contributed by atoms with Crippen molar-refractivity contribution in [3.8, 4) is 0 Å². The van der Waals surface area contributed by atoms with Gasteiger partial charge in [0, 0.05) is 10.0 Å². The topological polar surface area (TPSA) is 0 Å². The smallest absolute Gasteiger partial charge is 0.205 e. The molecule has 0 aliphatic rings. The van der Waals surface area contributed by atoms with Crippen molar-refractivity contribution < 1.29 is 13.2 Å². The quantitative estimate of drug-likeness (QED) is 0.664. The lowest BCUT2D eigenvalue weighted by Crippen LogP contribution is -1.88. The second-order valence-corrected chi connectivity index (χ2v) is 3.35. The van der Waals surface area contributed by atoms with E-state index in [1.54, 1.807) is 0 Å². The largest absolute Gasteiger partial charge is 0.264 e. The van der Waals surface area contributed by atoms with Crippen molar-refractivity contribution in [2.75, 3.05) is 0 Å². The Morgan fingerprint density at radius 2 is 1.92 bits per heavy atom. The molecule has 0 saturated heterocycles. The molecule has 0 aliphatic heterocycles. The molecular weight excluding hydrogens is 256 g/mol. The van der Waals surface area contributed by atoms with Gasteiger partial charge in [0.25, 0.3) is 6.43 Å². The summed E-state index contributed by atoms with van der Waals surface area (Å²) in [6.45, 7) is 0. The van der Waals surface area contributed by atoms with E-state index >= 15 is 0 Å². The molecule has 0 amide bonds. The summed E-state index contributed by atoms with van der Waals surface area (Å²) >= 11 is 8.10. The molecular formula is C7H3BrClF3.